The van der Waals surface area contributed by atoms with E-state index >= 15 is 0 Å². The summed E-state index contributed by atoms with van der Waals surface area (Å²) in [5, 5.41) is 0. The van der Waals surface area contributed by atoms with E-state index in [1.807, 2.05) is 13.0 Å². The molecule has 1 nitrogen and oxygen atoms in total. The minimum Gasteiger partial charge on any atom is -0.191 e. The molecule has 2 heteroatoms. The molecule has 0 aromatic heterocycles. The van der Waals surface area contributed by atoms with Crippen LogP contribution in [0.3, 0.4) is 0 Å². The third-order valence-electron chi connectivity index (χ3n) is 12.3. The monoisotopic (exact) mass is 414 g/mol. The summed E-state index contributed by atoms with van der Waals surface area (Å²) in [7, 11) is 0. The van der Waals surface area contributed by atoms with Crippen LogP contribution < -0.4 is 0 Å². The zero-order chi connectivity index (χ0) is 21.4. The van der Waals surface area contributed by atoms with Crippen LogP contribution in [0.5, 0.6) is 0 Å². The molecule has 0 aliphatic heterocycles. The molecule has 0 N–H and O–H groups in total. The summed E-state index contributed by atoms with van der Waals surface area (Å²) in [6.45, 7) is 13.7. The molecule has 5 saturated carbocycles. The molecular formula is C28H43FO. The van der Waals surface area contributed by atoms with Gasteiger partial charge in [0.1, 0.15) is 6.10 Å². The van der Waals surface area contributed by atoms with Crippen molar-refractivity contribution in [2.45, 2.75) is 111 Å². The molecule has 0 saturated heterocycles. The molecule has 0 aromatic rings. The van der Waals surface area contributed by atoms with Crippen LogP contribution >= 0.6 is 0 Å². The quantitative estimate of drug-likeness (QED) is 0.397. The lowest BCUT2D eigenvalue weighted by atomic mass is 9.50. The molecule has 8 atom stereocenters. The topological polar surface area (TPSA) is 9.23 Å². The summed E-state index contributed by atoms with van der Waals surface area (Å²) in [6.07, 6.45) is 19.6. The van der Waals surface area contributed by atoms with Gasteiger partial charge < -0.3 is 0 Å². The van der Waals surface area contributed by atoms with E-state index in [1.165, 1.54) is 77.0 Å². The average Bonchev–Trinajstić information content (AvgIpc) is 3.02. The smallest absolute Gasteiger partial charge is 0.102 e. The van der Waals surface area contributed by atoms with Gasteiger partial charge in [0.25, 0.3) is 0 Å². The first-order valence-corrected chi connectivity index (χ1v) is 12.9. The highest BCUT2D eigenvalue weighted by atomic mass is 19.3. The van der Waals surface area contributed by atoms with E-state index in [9.17, 15) is 4.53 Å². The Balaban J connectivity index is 1.59. The summed E-state index contributed by atoms with van der Waals surface area (Å²) in [6, 6.07) is 0. The van der Waals surface area contributed by atoms with Gasteiger partial charge in [0.05, 0.1) is 0 Å². The molecule has 5 rings (SSSR count). The molecule has 5 fully saturated rings. The molecule has 168 valence electrons. The van der Waals surface area contributed by atoms with E-state index in [4.69, 9.17) is 0 Å². The van der Waals surface area contributed by atoms with Crippen molar-refractivity contribution in [1.82, 2.24) is 0 Å². The van der Waals surface area contributed by atoms with Crippen molar-refractivity contribution in [3.8, 4) is 0 Å². The first kappa shape index (κ1) is 21.2. The lowest BCUT2D eigenvalue weighted by Crippen LogP contribution is -2.48. The van der Waals surface area contributed by atoms with Crippen LogP contribution in [-0.2, 0) is 4.94 Å². The molecule has 5 aliphatic rings. The lowest BCUT2D eigenvalue weighted by molar-refractivity contribution is -0.231. The summed E-state index contributed by atoms with van der Waals surface area (Å²) < 4.78 is 13.7. The van der Waals surface area contributed by atoms with Gasteiger partial charge in [-0.3, -0.25) is 0 Å². The Kier molecular flexibility index (Phi) is 4.73. The number of fused-ring (bicyclic) bond motifs is 1. The number of hydrogen-bond donors (Lipinski definition) is 0. The molecule has 30 heavy (non-hydrogen) atoms. The minimum absolute atomic E-state index is 0.0835. The zero-order valence-corrected chi connectivity index (χ0v) is 19.9. The van der Waals surface area contributed by atoms with Crippen LogP contribution in [-0.4, -0.2) is 6.10 Å². The predicted molar refractivity (Wildman–Crippen MR) is 122 cm³/mol. The van der Waals surface area contributed by atoms with Crippen molar-refractivity contribution in [2.24, 2.45) is 38.9 Å². The van der Waals surface area contributed by atoms with Gasteiger partial charge >= 0.3 is 0 Å². The van der Waals surface area contributed by atoms with Crippen LogP contribution in [0.2, 0.25) is 0 Å². The van der Waals surface area contributed by atoms with Gasteiger partial charge in [-0.05, 0) is 103 Å². The molecule has 8 unspecified atom stereocenters. The zero-order valence-electron chi connectivity index (χ0n) is 19.9. The number of rotatable bonds is 6. The average molecular weight is 415 g/mol. The fraction of sp³-hybridized carbons (Fsp3) is 0.857. The summed E-state index contributed by atoms with van der Waals surface area (Å²) in [5.41, 5.74) is 3.25. The van der Waals surface area contributed by atoms with Crippen LogP contribution in [0.15, 0.2) is 24.3 Å². The van der Waals surface area contributed by atoms with Gasteiger partial charge in [0, 0.05) is 5.41 Å². The van der Waals surface area contributed by atoms with Crippen molar-refractivity contribution in [3.63, 3.8) is 0 Å². The Bertz CT molecular complexity index is 758. The minimum atomic E-state index is -0.244. The third-order valence-corrected chi connectivity index (χ3v) is 12.3. The Hall–Kier alpha value is -0.630. The van der Waals surface area contributed by atoms with Gasteiger partial charge in [-0.15, -0.1) is 0 Å². The number of hydrogen-bond acceptors (Lipinski definition) is 1. The van der Waals surface area contributed by atoms with E-state index in [-0.39, 0.29) is 11.5 Å². The van der Waals surface area contributed by atoms with E-state index in [0.717, 1.165) is 5.92 Å². The van der Waals surface area contributed by atoms with E-state index in [0.29, 0.717) is 27.6 Å². The molecule has 5 aliphatic carbocycles. The Morgan fingerprint density at radius 3 is 2.53 bits per heavy atom. The van der Waals surface area contributed by atoms with E-state index in [1.54, 1.807) is 5.57 Å². The van der Waals surface area contributed by atoms with Gasteiger partial charge in [-0.1, -0.05) is 64.3 Å². The largest absolute Gasteiger partial charge is 0.191 e. The van der Waals surface area contributed by atoms with E-state index in [2.05, 4.69) is 38.4 Å². The lowest BCUT2D eigenvalue weighted by Gasteiger charge is -2.54. The molecule has 0 bridgehead atoms. The highest BCUT2D eigenvalue weighted by Crippen LogP contribution is 2.98. The maximum atomic E-state index is 13.7. The van der Waals surface area contributed by atoms with Crippen molar-refractivity contribution >= 4 is 0 Å². The molecule has 0 heterocycles. The van der Waals surface area contributed by atoms with Crippen LogP contribution in [0.25, 0.3) is 0 Å². The fourth-order valence-electron chi connectivity index (χ4n) is 11.3. The maximum absolute atomic E-state index is 13.7. The van der Waals surface area contributed by atoms with Crippen molar-refractivity contribution in [3.05, 3.63) is 24.3 Å². The summed E-state index contributed by atoms with van der Waals surface area (Å²) in [5.74, 6) is 1.51. The second-order valence-electron chi connectivity index (χ2n) is 12.2. The molecule has 0 aromatic carbocycles. The number of allylic oxidation sites excluding steroid dienone is 3. The van der Waals surface area contributed by atoms with Crippen molar-refractivity contribution < 1.29 is 9.47 Å². The Labute approximate surface area is 183 Å². The van der Waals surface area contributed by atoms with E-state index < -0.39 is 0 Å². The summed E-state index contributed by atoms with van der Waals surface area (Å²) in [4.78, 5) is 4.66. The second-order valence-corrected chi connectivity index (χ2v) is 12.2. The SMILES string of the molecule is C=C/C=C(\CCC)C1CCC2(C)C1(C)CCC1C34CCCCC3(C(C)OF)CCC124. The van der Waals surface area contributed by atoms with Crippen LogP contribution in [0.1, 0.15) is 105 Å². The normalized spacial score (nSPS) is 52.8. The first-order chi connectivity index (χ1) is 14.3. The summed E-state index contributed by atoms with van der Waals surface area (Å²) >= 11 is 0. The van der Waals surface area contributed by atoms with Gasteiger partial charge in [0.2, 0.25) is 0 Å². The second kappa shape index (κ2) is 6.69. The molecular weight excluding hydrogens is 371 g/mol. The van der Waals surface area contributed by atoms with Gasteiger partial charge in [0.15, 0.2) is 0 Å². The van der Waals surface area contributed by atoms with Crippen LogP contribution in [0, 0.1) is 38.9 Å². The van der Waals surface area contributed by atoms with Crippen molar-refractivity contribution in [1.29, 1.82) is 0 Å². The van der Waals surface area contributed by atoms with Gasteiger partial charge in [-0.2, -0.15) is 4.94 Å². The molecule has 0 radical (unpaired) electrons. The predicted octanol–water partition coefficient (Wildman–Crippen LogP) is 8.36. The standard InChI is InChI=1S/C28H43FO/c1-6-10-21(11-7-2)22-12-17-25(5)24(22,4)16-13-23-27(25)19-18-26(20(3)30-29)14-8-9-15-28(23,26)27/h6,10,20,22-23H,1,7-9,11-19H2,2-5H3/b21-10+. The first-order valence-electron chi connectivity index (χ1n) is 12.9. The Morgan fingerprint density at radius 1 is 1.07 bits per heavy atom. The highest BCUT2D eigenvalue weighted by molar-refractivity contribution is 5.41. The Morgan fingerprint density at radius 2 is 1.83 bits per heavy atom. The maximum Gasteiger partial charge on any atom is 0.102 e. The molecule has 2 spiro atoms. The molecule has 0 amide bonds. The van der Waals surface area contributed by atoms with Gasteiger partial charge in [-0.25, -0.2) is 0 Å². The third kappa shape index (κ3) is 2.01. The fourth-order valence-corrected chi connectivity index (χ4v) is 11.3. The highest BCUT2D eigenvalue weighted by Gasteiger charge is 2.93. The number of halogens is 1. The van der Waals surface area contributed by atoms with Crippen molar-refractivity contribution in [2.75, 3.05) is 0 Å². The van der Waals surface area contributed by atoms with Crippen LogP contribution in [0.4, 0.5) is 4.53 Å².